The van der Waals surface area contributed by atoms with Gasteiger partial charge in [-0.25, -0.2) is 0 Å². The van der Waals surface area contributed by atoms with E-state index < -0.39 is 0 Å². The van der Waals surface area contributed by atoms with Crippen LogP contribution in [-0.4, -0.2) is 26.8 Å². The van der Waals surface area contributed by atoms with E-state index in [0.29, 0.717) is 17.3 Å². The Morgan fingerprint density at radius 3 is 2.21 bits per heavy atom. The fourth-order valence-electron chi connectivity index (χ4n) is 1.19. The highest BCUT2D eigenvalue weighted by molar-refractivity contribution is 4.75. The molecule has 0 rings (SSSR count). The van der Waals surface area contributed by atoms with Gasteiger partial charge in [0.2, 0.25) is 0 Å². The lowest BCUT2D eigenvalue weighted by molar-refractivity contribution is 0.153. The number of ether oxygens (including phenoxy) is 1. The lowest BCUT2D eigenvalue weighted by Crippen LogP contribution is -2.36. The molecular formula is C12H27NO. The summed E-state index contributed by atoms with van der Waals surface area (Å²) in [5, 5.41) is 3.51. The predicted molar refractivity (Wildman–Crippen MR) is 62.5 cm³/mol. The van der Waals surface area contributed by atoms with Gasteiger partial charge in [-0.3, -0.25) is 0 Å². The molecule has 2 heteroatoms. The first-order valence-corrected chi connectivity index (χ1v) is 5.59. The van der Waals surface area contributed by atoms with Crippen molar-refractivity contribution in [2.75, 3.05) is 26.8 Å². The number of hydrogen-bond acceptors (Lipinski definition) is 2. The van der Waals surface area contributed by atoms with E-state index in [9.17, 15) is 0 Å². The zero-order valence-electron chi connectivity index (χ0n) is 10.7. The van der Waals surface area contributed by atoms with Crippen molar-refractivity contribution in [1.29, 1.82) is 0 Å². The van der Waals surface area contributed by atoms with Crippen LogP contribution in [0.2, 0.25) is 0 Å². The van der Waals surface area contributed by atoms with Gasteiger partial charge in [-0.15, -0.1) is 0 Å². The maximum atomic E-state index is 5.09. The van der Waals surface area contributed by atoms with Crippen LogP contribution < -0.4 is 5.32 Å². The number of hydrogen-bond donors (Lipinski definition) is 1. The summed E-state index contributed by atoms with van der Waals surface area (Å²) in [4.78, 5) is 0. The average Bonchev–Trinajstić information content (AvgIpc) is 2.04. The van der Waals surface area contributed by atoms with Crippen molar-refractivity contribution < 1.29 is 4.74 Å². The monoisotopic (exact) mass is 201 g/mol. The van der Waals surface area contributed by atoms with Crippen LogP contribution in [0.15, 0.2) is 0 Å². The van der Waals surface area contributed by atoms with Gasteiger partial charge in [-0.1, -0.05) is 34.6 Å². The summed E-state index contributed by atoms with van der Waals surface area (Å²) in [5.41, 5.74) is 0.382. The Labute approximate surface area is 89.4 Å². The molecule has 1 unspecified atom stereocenters. The fourth-order valence-corrected chi connectivity index (χ4v) is 1.19. The molecular weight excluding hydrogens is 174 g/mol. The summed E-state index contributed by atoms with van der Waals surface area (Å²) in [6.45, 7) is 14.4. The summed E-state index contributed by atoms with van der Waals surface area (Å²) in [6.07, 6.45) is 0. The van der Waals surface area contributed by atoms with Gasteiger partial charge in [0.1, 0.15) is 0 Å². The van der Waals surface area contributed by atoms with Crippen molar-refractivity contribution in [3.63, 3.8) is 0 Å². The first-order chi connectivity index (χ1) is 6.40. The molecule has 0 heterocycles. The molecule has 0 aliphatic heterocycles. The third-order valence-electron chi connectivity index (χ3n) is 3.09. The van der Waals surface area contributed by atoms with Gasteiger partial charge in [0.05, 0.1) is 0 Å². The summed E-state index contributed by atoms with van der Waals surface area (Å²) < 4.78 is 5.09. The third-order valence-corrected chi connectivity index (χ3v) is 3.09. The third kappa shape index (κ3) is 5.61. The van der Waals surface area contributed by atoms with Crippen LogP contribution in [0, 0.1) is 17.3 Å². The molecule has 86 valence electrons. The van der Waals surface area contributed by atoms with Gasteiger partial charge in [-0.05, 0) is 23.8 Å². The Hall–Kier alpha value is -0.0800. The van der Waals surface area contributed by atoms with Crippen LogP contribution in [0.4, 0.5) is 0 Å². The van der Waals surface area contributed by atoms with E-state index in [-0.39, 0.29) is 0 Å². The molecule has 0 radical (unpaired) electrons. The van der Waals surface area contributed by atoms with Crippen molar-refractivity contribution in [3.05, 3.63) is 0 Å². The summed E-state index contributed by atoms with van der Waals surface area (Å²) in [6, 6.07) is 0. The molecule has 0 bridgehead atoms. The molecule has 0 aromatic rings. The minimum Gasteiger partial charge on any atom is -0.384 e. The van der Waals surface area contributed by atoms with E-state index in [1.165, 1.54) is 0 Å². The molecule has 0 aromatic carbocycles. The normalized spacial score (nSPS) is 14.8. The summed E-state index contributed by atoms with van der Waals surface area (Å²) in [7, 11) is 1.76. The van der Waals surface area contributed by atoms with Crippen LogP contribution >= 0.6 is 0 Å². The minimum absolute atomic E-state index is 0.382. The van der Waals surface area contributed by atoms with E-state index in [2.05, 4.69) is 39.9 Å². The number of methoxy groups -OCH3 is 1. The second-order valence-corrected chi connectivity index (χ2v) is 5.33. The van der Waals surface area contributed by atoms with E-state index in [1.54, 1.807) is 7.11 Å². The molecule has 0 fully saturated rings. The second kappa shape index (κ2) is 6.41. The van der Waals surface area contributed by atoms with Gasteiger partial charge in [0.25, 0.3) is 0 Å². The highest BCUT2D eigenvalue weighted by atomic mass is 16.5. The van der Waals surface area contributed by atoms with E-state index in [0.717, 1.165) is 19.7 Å². The van der Waals surface area contributed by atoms with Crippen molar-refractivity contribution in [2.24, 2.45) is 17.3 Å². The maximum absolute atomic E-state index is 5.09. The Morgan fingerprint density at radius 2 is 1.79 bits per heavy atom. The Balaban J connectivity index is 3.62. The average molecular weight is 201 g/mol. The Bertz CT molecular complexity index is 143. The van der Waals surface area contributed by atoms with Crippen molar-refractivity contribution in [3.8, 4) is 0 Å². The number of rotatable bonds is 7. The number of nitrogens with one attached hydrogen (secondary N) is 1. The first-order valence-electron chi connectivity index (χ1n) is 5.59. The molecule has 0 saturated carbocycles. The lowest BCUT2D eigenvalue weighted by Gasteiger charge is -2.30. The first kappa shape index (κ1) is 13.9. The van der Waals surface area contributed by atoms with Gasteiger partial charge in [0, 0.05) is 20.3 Å². The highest BCUT2D eigenvalue weighted by Gasteiger charge is 2.21. The van der Waals surface area contributed by atoms with E-state index >= 15 is 0 Å². The fraction of sp³-hybridized carbons (Fsp3) is 1.00. The highest BCUT2D eigenvalue weighted by Crippen LogP contribution is 2.24. The van der Waals surface area contributed by atoms with Gasteiger partial charge >= 0.3 is 0 Å². The van der Waals surface area contributed by atoms with E-state index in [1.807, 2.05) is 0 Å². The smallest absolute Gasteiger partial charge is 0.0499 e. The summed E-state index contributed by atoms with van der Waals surface area (Å²) in [5.74, 6) is 1.32. The predicted octanol–water partition coefficient (Wildman–Crippen LogP) is 2.54. The SMILES string of the molecule is COCC(C)CNCC(C)(C)C(C)C. The van der Waals surface area contributed by atoms with E-state index in [4.69, 9.17) is 4.74 Å². The van der Waals surface area contributed by atoms with Crippen LogP contribution in [-0.2, 0) is 4.74 Å². The van der Waals surface area contributed by atoms with Gasteiger partial charge in [-0.2, -0.15) is 0 Å². The van der Waals surface area contributed by atoms with Crippen LogP contribution in [0.25, 0.3) is 0 Å². The van der Waals surface area contributed by atoms with Crippen LogP contribution in [0.1, 0.15) is 34.6 Å². The minimum atomic E-state index is 0.382. The largest absolute Gasteiger partial charge is 0.384 e. The molecule has 0 spiro atoms. The van der Waals surface area contributed by atoms with Crippen molar-refractivity contribution >= 4 is 0 Å². The molecule has 0 aliphatic carbocycles. The lowest BCUT2D eigenvalue weighted by atomic mass is 9.81. The molecule has 14 heavy (non-hydrogen) atoms. The molecule has 0 amide bonds. The topological polar surface area (TPSA) is 21.3 Å². The van der Waals surface area contributed by atoms with Crippen molar-refractivity contribution in [1.82, 2.24) is 5.32 Å². The Morgan fingerprint density at radius 1 is 1.21 bits per heavy atom. The van der Waals surface area contributed by atoms with Crippen molar-refractivity contribution in [2.45, 2.75) is 34.6 Å². The zero-order chi connectivity index (χ0) is 11.2. The van der Waals surface area contributed by atoms with Gasteiger partial charge < -0.3 is 10.1 Å². The molecule has 1 N–H and O–H groups in total. The second-order valence-electron chi connectivity index (χ2n) is 5.33. The standard InChI is InChI=1S/C12H27NO/c1-10(2)12(4,5)9-13-7-11(3)8-14-6/h10-11,13H,7-9H2,1-6H3. The Kier molecular flexibility index (Phi) is 6.38. The van der Waals surface area contributed by atoms with Gasteiger partial charge in [0.15, 0.2) is 0 Å². The van der Waals surface area contributed by atoms with Crippen LogP contribution in [0.5, 0.6) is 0 Å². The maximum Gasteiger partial charge on any atom is 0.0499 e. The quantitative estimate of drug-likeness (QED) is 0.683. The molecule has 0 aromatic heterocycles. The zero-order valence-corrected chi connectivity index (χ0v) is 10.7. The van der Waals surface area contributed by atoms with Crippen LogP contribution in [0.3, 0.4) is 0 Å². The molecule has 1 atom stereocenters. The molecule has 2 nitrogen and oxygen atoms in total. The molecule has 0 saturated heterocycles. The summed E-state index contributed by atoms with van der Waals surface area (Å²) >= 11 is 0. The molecule has 0 aliphatic rings.